The van der Waals surface area contributed by atoms with E-state index >= 15 is 0 Å². The highest BCUT2D eigenvalue weighted by atomic mass is 16.6. The molecule has 1 N–H and O–H groups in total. The fourth-order valence-electron chi connectivity index (χ4n) is 3.29. The van der Waals surface area contributed by atoms with Gasteiger partial charge in [0, 0.05) is 28.4 Å². The average molecular weight is 360 g/mol. The molecule has 0 fully saturated rings. The number of nitrogens with zero attached hydrogens (tertiary/aromatic N) is 1. The van der Waals surface area contributed by atoms with Crippen molar-refractivity contribution in [1.29, 1.82) is 0 Å². The minimum atomic E-state index is -0.563. The number of fused-ring (bicyclic) bond motifs is 2. The molecule has 6 nitrogen and oxygen atoms in total. The van der Waals surface area contributed by atoms with Crippen LogP contribution >= 0.6 is 0 Å². The Kier molecular flexibility index (Phi) is 4.08. The first-order valence-corrected chi connectivity index (χ1v) is 8.46. The second-order valence-corrected chi connectivity index (χ2v) is 6.36. The first kappa shape index (κ1) is 16.8. The van der Waals surface area contributed by atoms with Gasteiger partial charge < -0.3 is 10.1 Å². The summed E-state index contributed by atoms with van der Waals surface area (Å²) in [4.78, 5) is 23.8. The third kappa shape index (κ3) is 3.01. The quantitative estimate of drug-likeness (QED) is 0.538. The van der Waals surface area contributed by atoms with Gasteiger partial charge >= 0.3 is 0 Å². The molecule has 134 valence electrons. The summed E-state index contributed by atoms with van der Waals surface area (Å²) in [5.74, 6) is 0.431. The minimum Gasteiger partial charge on any atom is -0.457 e. The van der Waals surface area contributed by atoms with Crippen LogP contribution in [0.5, 0.6) is 11.5 Å². The number of anilines is 1. The average Bonchev–Trinajstić information content (AvgIpc) is 2.67. The number of nitro groups is 1. The number of aryl methyl sites for hydroxylation is 1. The topological polar surface area (TPSA) is 81.5 Å². The van der Waals surface area contributed by atoms with Gasteiger partial charge in [-0.05, 0) is 25.1 Å². The van der Waals surface area contributed by atoms with E-state index in [4.69, 9.17) is 4.74 Å². The van der Waals surface area contributed by atoms with Crippen LogP contribution in [0.15, 0.2) is 66.7 Å². The molecular weight excluding hydrogens is 344 g/mol. The second kappa shape index (κ2) is 6.57. The van der Waals surface area contributed by atoms with Crippen molar-refractivity contribution < 1.29 is 14.5 Å². The highest BCUT2D eigenvalue weighted by Gasteiger charge is 2.32. The van der Waals surface area contributed by atoms with Gasteiger partial charge in [-0.3, -0.25) is 14.9 Å². The van der Waals surface area contributed by atoms with Gasteiger partial charge in [-0.25, -0.2) is 0 Å². The largest absolute Gasteiger partial charge is 0.457 e. The number of rotatable bonds is 3. The van der Waals surface area contributed by atoms with Gasteiger partial charge in [-0.15, -0.1) is 0 Å². The predicted octanol–water partition coefficient (Wildman–Crippen LogP) is 4.78. The fourth-order valence-corrected chi connectivity index (χ4v) is 3.29. The van der Waals surface area contributed by atoms with E-state index in [1.165, 1.54) is 6.07 Å². The van der Waals surface area contributed by atoms with Gasteiger partial charge in [0.1, 0.15) is 11.5 Å². The molecule has 4 rings (SSSR count). The summed E-state index contributed by atoms with van der Waals surface area (Å²) in [6.45, 7) is 1.66. The van der Waals surface area contributed by atoms with Gasteiger partial charge in [-0.2, -0.15) is 0 Å². The molecule has 1 aliphatic rings. The van der Waals surface area contributed by atoms with E-state index < -0.39 is 10.8 Å². The van der Waals surface area contributed by atoms with Crippen LogP contribution in [0.2, 0.25) is 0 Å². The molecule has 3 aromatic carbocycles. The molecule has 0 radical (unpaired) electrons. The van der Waals surface area contributed by atoms with Crippen LogP contribution in [0, 0.1) is 17.0 Å². The molecule has 1 aliphatic heterocycles. The van der Waals surface area contributed by atoms with Gasteiger partial charge in [0.15, 0.2) is 0 Å². The van der Waals surface area contributed by atoms with E-state index in [-0.39, 0.29) is 11.6 Å². The zero-order valence-corrected chi connectivity index (χ0v) is 14.5. The van der Waals surface area contributed by atoms with Crippen molar-refractivity contribution >= 4 is 17.3 Å². The SMILES string of the molecule is Cc1ccc(NC(=O)C2c3ccccc3Oc3ccccc32)cc1[N+](=O)[O-]. The Morgan fingerprint density at radius 1 is 1.00 bits per heavy atom. The van der Waals surface area contributed by atoms with Crippen LogP contribution in [-0.2, 0) is 4.79 Å². The lowest BCUT2D eigenvalue weighted by molar-refractivity contribution is -0.385. The van der Waals surface area contributed by atoms with Crippen molar-refractivity contribution in [2.45, 2.75) is 12.8 Å². The maximum atomic E-state index is 13.1. The highest BCUT2D eigenvalue weighted by Crippen LogP contribution is 2.44. The molecule has 0 bridgehead atoms. The molecule has 27 heavy (non-hydrogen) atoms. The van der Waals surface area contributed by atoms with E-state index in [1.54, 1.807) is 19.1 Å². The fraction of sp³-hybridized carbons (Fsp3) is 0.0952. The molecule has 0 unspecified atom stereocenters. The monoisotopic (exact) mass is 360 g/mol. The van der Waals surface area contributed by atoms with Crippen LogP contribution < -0.4 is 10.1 Å². The van der Waals surface area contributed by atoms with E-state index in [1.807, 2.05) is 48.5 Å². The zero-order valence-electron chi connectivity index (χ0n) is 14.5. The van der Waals surface area contributed by atoms with Crippen LogP contribution in [0.3, 0.4) is 0 Å². The Labute approximate surface area is 155 Å². The number of nitrogens with one attached hydrogen (secondary N) is 1. The Morgan fingerprint density at radius 3 is 2.19 bits per heavy atom. The summed E-state index contributed by atoms with van der Waals surface area (Å²) in [6.07, 6.45) is 0. The van der Waals surface area contributed by atoms with Crippen LogP contribution in [0.1, 0.15) is 22.6 Å². The Bertz CT molecular complexity index is 1020. The van der Waals surface area contributed by atoms with Crippen molar-refractivity contribution in [3.8, 4) is 11.5 Å². The predicted molar refractivity (Wildman–Crippen MR) is 101 cm³/mol. The lowest BCUT2D eigenvalue weighted by atomic mass is 9.87. The van der Waals surface area contributed by atoms with Crippen LogP contribution in [0.25, 0.3) is 0 Å². The van der Waals surface area contributed by atoms with E-state index in [0.717, 1.165) is 11.1 Å². The lowest BCUT2D eigenvalue weighted by Crippen LogP contribution is -2.25. The van der Waals surface area contributed by atoms with Gasteiger partial charge in [0.2, 0.25) is 5.91 Å². The third-order valence-electron chi connectivity index (χ3n) is 4.62. The van der Waals surface area contributed by atoms with Crippen molar-refractivity contribution in [3.05, 3.63) is 93.5 Å². The number of para-hydroxylation sites is 2. The second-order valence-electron chi connectivity index (χ2n) is 6.36. The molecule has 0 saturated carbocycles. The standard InChI is InChI=1S/C21H16N2O4/c1-13-10-11-14(12-17(13)23(25)26)22-21(24)20-15-6-2-4-8-18(15)27-19-9-5-3-7-16(19)20/h2-12,20H,1H3,(H,22,24). The molecular formula is C21H16N2O4. The number of hydrogen-bond donors (Lipinski definition) is 1. The summed E-state index contributed by atoms with van der Waals surface area (Å²) in [7, 11) is 0. The van der Waals surface area contributed by atoms with E-state index in [2.05, 4.69) is 5.32 Å². The summed E-state index contributed by atoms with van der Waals surface area (Å²) < 4.78 is 5.91. The zero-order chi connectivity index (χ0) is 19.0. The van der Waals surface area contributed by atoms with Gasteiger partial charge in [0.05, 0.1) is 10.8 Å². The van der Waals surface area contributed by atoms with Crippen LogP contribution in [-0.4, -0.2) is 10.8 Å². The summed E-state index contributed by atoms with van der Waals surface area (Å²) in [5.41, 5.74) is 2.42. The van der Waals surface area contributed by atoms with Crippen molar-refractivity contribution in [2.75, 3.05) is 5.32 Å². The molecule has 3 aromatic rings. The molecule has 1 amide bonds. The maximum absolute atomic E-state index is 13.1. The summed E-state index contributed by atoms with van der Waals surface area (Å²) in [6, 6.07) is 19.4. The van der Waals surface area contributed by atoms with Gasteiger partial charge in [0.25, 0.3) is 5.69 Å². The normalized spacial score (nSPS) is 12.5. The maximum Gasteiger partial charge on any atom is 0.274 e. The first-order valence-electron chi connectivity index (χ1n) is 8.46. The minimum absolute atomic E-state index is 0.0272. The molecule has 0 spiro atoms. The highest BCUT2D eigenvalue weighted by molar-refractivity contribution is 5.99. The number of carbonyl (C=O) groups excluding carboxylic acids is 1. The lowest BCUT2D eigenvalue weighted by Gasteiger charge is -2.27. The summed E-state index contributed by atoms with van der Waals surface area (Å²) in [5, 5.41) is 14.0. The number of nitro benzene ring substituents is 1. The number of carbonyl (C=O) groups is 1. The smallest absolute Gasteiger partial charge is 0.274 e. The molecule has 0 aromatic heterocycles. The molecule has 0 saturated heterocycles. The van der Waals surface area contributed by atoms with Crippen molar-refractivity contribution in [3.63, 3.8) is 0 Å². The third-order valence-corrected chi connectivity index (χ3v) is 4.62. The number of hydrogen-bond acceptors (Lipinski definition) is 4. The summed E-state index contributed by atoms with van der Waals surface area (Å²) >= 11 is 0. The van der Waals surface area contributed by atoms with Gasteiger partial charge in [-0.1, -0.05) is 42.5 Å². The van der Waals surface area contributed by atoms with Crippen LogP contribution in [0.4, 0.5) is 11.4 Å². The van der Waals surface area contributed by atoms with Crippen molar-refractivity contribution in [2.24, 2.45) is 0 Å². The number of benzene rings is 3. The Morgan fingerprint density at radius 2 is 1.59 bits per heavy atom. The Hall–Kier alpha value is -3.67. The van der Waals surface area contributed by atoms with Crippen molar-refractivity contribution in [1.82, 2.24) is 0 Å². The number of amides is 1. The van der Waals surface area contributed by atoms with E-state index in [9.17, 15) is 14.9 Å². The molecule has 0 atom stereocenters. The molecule has 0 aliphatic carbocycles. The molecule has 6 heteroatoms. The first-order chi connectivity index (χ1) is 13.0. The Balaban J connectivity index is 1.72. The molecule has 1 heterocycles. The number of ether oxygens (including phenoxy) is 1. The van der Waals surface area contributed by atoms with E-state index in [0.29, 0.717) is 22.7 Å².